The Labute approximate surface area is 171 Å². The first-order valence-electron chi connectivity index (χ1n) is 8.71. The van der Waals surface area contributed by atoms with E-state index in [1.165, 1.54) is 7.05 Å². The van der Waals surface area contributed by atoms with Crippen LogP contribution in [0, 0.1) is 0 Å². The van der Waals surface area contributed by atoms with Crippen LogP contribution in [0.1, 0.15) is 27.0 Å². The molecule has 0 saturated heterocycles. The molecule has 2 amide bonds. The maximum atomic E-state index is 12.5. The second kappa shape index (κ2) is 9.72. The maximum Gasteiger partial charge on any atom is 0.416 e. The summed E-state index contributed by atoms with van der Waals surface area (Å²) in [7, 11) is -2.05. The molecule has 162 valence electrons. The average Bonchev–Trinajstić information content (AvgIpc) is 2.70. The molecule has 0 heterocycles. The van der Waals surface area contributed by atoms with E-state index >= 15 is 0 Å². The van der Waals surface area contributed by atoms with E-state index in [1.54, 1.807) is 24.3 Å². The van der Waals surface area contributed by atoms with Crippen LogP contribution in [0.5, 0.6) is 0 Å². The molecule has 0 radical (unpaired) electrons. The number of carbonyl (C=O) groups is 2. The third kappa shape index (κ3) is 7.16. The Balaban J connectivity index is 1.80. The third-order valence-electron chi connectivity index (χ3n) is 4.06. The van der Waals surface area contributed by atoms with Crippen molar-refractivity contribution in [3.8, 4) is 0 Å². The van der Waals surface area contributed by atoms with Crippen molar-refractivity contribution in [3.63, 3.8) is 0 Å². The van der Waals surface area contributed by atoms with E-state index in [0.717, 1.165) is 29.8 Å². The van der Waals surface area contributed by atoms with Crippen LogP contribution in [0.15, 0.2) is 48.5 Å². The lowest BCUT2D eigenvalue weighted by Gasteiger charge is -2.09. The number of rotatable bonds is 8. The number of amides is 2. The van der Waals surface area contributed by atoms with Gasteiger partial charge >= 0.3 is 6.18 Å². The van der Waals surface area contributed by atoms with Crippen LogP contribution in [0.2, 0.25) is 0 Å². The van der Waals surface area contributed by atoms with Gasteiger partial charge in [0.25, 0.3) is 5.91 Å². The molecule has 11 heteroatoms. The molecular formula is C19H20F3N3O4S. The van der Waals surface area contributed by atoms with Crippen LogP contribution in [0.4, 0.5) is 13.2 Å². The molecule has 0 spiro atoms. The Morgan fingerprint density at radius 3 is 2.00 bits per heavy atom. The van der Waals surface area contributed by atoms with E-state index in [4.69, 9.17) is 0 Å². The summed E-state index contributed by atoms with van der Waals surface area (Å²) in [5.74, 6) is -1.32. The molecule has 0 fully saturated rings. The van der Waals surface area contributed by atoms with Gasteiger partial charge in [-0.25, -0.2) is 13.1 Å². The van der Waals surface area contributed by atoms with E-state index < -0.39 is 33.6 Å². The standard InChI is InChI=1S/C19H20F3N3O4S/c1-23-30(28,29)12-14-4-2-13(3-5-14)10-24-17(26)11-25-18(27)15-6-8-16(9-7-15)19(20,21)22/h2-9,23H,10-12H2,1H3,(H,24,26)(H,25,27). The van der Waals surface area contributed by atoms with Crippen molar-refractivity contribution >= 4 is 21.8 Å². The first kappa shape index (κ1) is 23.4. The van der Waals surface area contributed by atoms with Crippen molar-refractivity contribution in [2.24, 2.45) is 0 Å². The first-order chi connectivity index (χ1) is 14.0. The molecule has 0 saturated carbocycles. The quantitative estimate of drug-likeness (QED) is 0.579. The van der Waals surface area contributed by atoms with E-state index in [-0.39, 0.29) is 24.4 Å². The second-order valence-electron chi connectivity index (χ2n) is 6.31. The molecule has 2 rings (SSSR count). The van der Waals surface area contributed by atoms with Crippen molar-refractivity contribution in [3.05, 3.63) is 70.8 Å². The summed E-state index contributed by atoms with van der Waals surface area (Å²) in [6.07, 6.45) is -4.49. The van der Waals surface area contributed by atoms with Crippen LogP contribution in [0.3, 0.4) is 0 Å². The highest BCUT2D eigenvalue weighted by Gasteiger charge is 2.30. The Kier molecular flexibility index (Phi) is 7.57. The molecule has 0 aromatic heterocycles. The Morgan fingerprint density at radius 1 is 0.900 bits per heavy atom. The van der Waals surface area contributed by atoms with E-state index in [9.17, 15) is 31.2 Å². The van der Waals surface area contributed by atoms with Gasteiger partial charge in [0, 0.05) is 12.1 Å². The fraction of sp³-hybridized carbons (Fsp3) is 0.263. The lowest BCUT2D eigenvalue weighted by atomic mass is 10.1. The van der Waals surface area contributed by atoms with Crippen LogP contribution >= 0.6 is 0 Å². The molecule has 2 aromatic rings. The number of halogens is 3. The maximum absolute atomic E-state index is 12.5. The minimum Gasteiger partial charge on any atom is -0.350 e. The van der Waals surface area contributed by atoms with Crippen LogP contribution in [-0.4, -0.2) is 33.8 Å². The van der Waals surface area contributed by atoms with Gasteiger partial charge in [0.1, 0.15) is 0 Å². The second-order valence-corrected chi connectivity index (χ2v) is 8.24. The normalized spacial score (nSPS) is 11.7. The number of hydrogen-bond acceptors (Lipinski definition) is 4. The molecular weight excluding hydrogens is 423 g/mol. The number of benzene rings is 2. The summed E-state index contributed by atoms with van der Waals surface area (Å²) in [5, 5.41) is 4.91. The number of nitrogens with one attached hydrogen (secondary N) is 3. The highest BCUT2D eigenvalue weighted by atomic mass is 32.2. The lowest BCUT2D eigenvalue weighted by molar-refractivity contribution is -0.137. The summed E-state index contributed by atoms with van der Waals surface area (Å²) in [4.78, 5) is 23.8. The number of sulfonamides is 1. The van der Waals surface area contributed by atoms with Gasteiger partial charge in [-0.1, -0.05) is 24.3 Å². The predicted octanol–water partition coefficient (Wildman–Crippen LogP) is 1.80. The Hall–Kier alpha value is -2.92. The van der Waals surface area contributed by atoms with Crippen molar-refractivity contribution in [1.29, 1.82) is 0 Å². The van der Waals surface area contributed by atoms with Crippen molar-refractivity contribution in [1.82, 2.24) is 15.4 Å². The van der Waals surface area contributed by atoms with Crippen molar-refractivity contribution in [2.45, 2.75) is 18.5 Å². The molecule has 0 bridgehead atoms. The largest absolute Gasteiger partial charge is 0.416 e. The number of carbonyl (C=O) groups excluding carboxylic acids is 2. The van der Waals surface area contributed by atoms with Gasteiger partial charge in [-0.15, -0.1) is 0 Å². The number of hydrogen-bond donors (Lipinski definition) is 3. The molecule has 0 aliphatic rings. The third-order valence-corrected chi connectivity index (χ3v) is 5.40. The van der Waals surface area contributed by atoms with Gasteiger partial charge < -0.3 is 10.6 Å². The smallest absolute Gasteiger partial charge is 0.350 e. The van der Waals surface area contributed by atoms with Crippen LogP contribution in [-0.2, 0) is 33.3 Å². The van der Waals surface area contributed by atoms with Crippen LogP contribution in [0.25, 0.3) is 0 Å². The zero-order chi connectivity index (χ0) is 22.4. The minimum absolute atomic E-state index is 0.00269. The highest BCUT2D eigenvalue weighted by molar-refractivity contribution is 7.88. The zero-order valence-corrected chi connectivity index (χ0v) is 16.7. The van der Waals surface area contributed by atoms with Crippen LogP contribution < -0.4 is 15.4 Å². The average molecular weight is 443 g/mol. The van der Waals surface area contributed by atoms with Gasteiger partial charge in [0.05, 0.1) is 17.9 Å². The fourth-order valence-electron chi connectivity index (χ4n) is 2.38. The molecule has 0 aliphatic heterocycles. The Bertz CT molecular complexity index is 989. The molecule has 30 heavy (non-hydrogen) atoms. The molecule has 7 nitrogen and oxygen atoms in total. The minimum atomic E-state index is -4.49. The van der Waals surface area contributed by atoms with E-state index in [2.05, 4.69) is 15.4 Å². The summed E-state index contributed by atoms with van der Waals surface area (Å²) in [6.45, 7) is -0.188. The van der Waals surface area contributed by atoms with Crippen molar-refractivity contribution in [2.75, 3.05) is 13.6 Å². The zero-order valence-electron chi connectivity index (χ0n) is 15.9. The van der Waals surface area contributed by atoms with Gasteiger partial charge in [-0.05, 0) is 42.4 Å². The van der Waals surface area contributed by atoms with Crippen molar-refractivity contribution < 1.29 is 31.2 Å². The van der Waals surface area contributed by atoms with Gasteiger partial charge in [0.2, 0.25) is 15.9 Å². The number of alkyl halides is 3. The summed E-state index contributed by atoms with van der Waals surface area (Å²) >= 11 is 0. The topological polar surface area (TPSA) is 104 Å². The SMILES string of the molecule is CNS(=O)(=O)Cc1ccc(CNC(=O)CNC(=O)c2ccc(C(F)(F)F)cc2)cc1. The summed E-state index contributed by atoms with van der Waals surface area (Å²) in [5.41, 5.74) is 0.445. The van der Waals surface area contributed by atoms with E-state index in [0.29, 0.717) is 5.56 Å². The highest BCUT2D eigenvalue weighted by Crippen LogP contribution is 2.29. The predicted molar refractivity (Wildman–Crippen MR) is 104 cm³/mol. The van der Waals surface area contributed by atoms with Gasteiger partial charge in [-0.3, -0.25) is 9.59 Å². The molecule has 2 aromatic carbocycles. The Morgan fingerprint density at radius 2 is 1.47 bits per heavy atom. The molecule has 0 atom stereocenters. The molecule has 0 aliphatic carbocycles. The monoisotopic (exact) mass is 443 g/mol. The summed E-state index contributed by atoms with van der Waals surface area (Å²) < 4.78 is 62.8. The van der Waals surface area contributed by atoms with Gasteiger partial charge in [0.15, 0.2) is 0 Å². The fourth-order valence-corrected chi connectivity index (χ4v) is 3.16. The summed E-state index contributed by atoms with van der Waals surface area (Å²) in [6, 6.07) is 10.2. The first-order valence-corrected chi connectivity index (χ1v) is 10.4. The molecule has 0 unspecified atom stereocenters. The lowest BCUT2D eigenvalue weighted by Crippen LogP contribution is -2.36. The van der Waals surface area contributed by atoms with Gasteiger partial charge in [-0.2, -0.15) is 13.2 Å². The van der Waals surface area contributed by atoms with E-state index in [1.807, 2.05) is 0 Å². The molecule has 3 N–H and O–H groups in total.